The standard InChI is InChI=1S/C25H20Br2Cl2N2O2S/c1-2-14-3-6-17(7-4-14)30-25-31-24(32)22(34-25)12-16-9-18(26)23(19(27)10-16)33-13-15-5-8-20(28)21(29)11-15/h3-12,25,30H,2,13H2,1H3,(H,31,32)/b22-12-/t25-/m1/s1. The van der Waals surface area contributed by atoms with Crippen LogP contribution in [0, 0.1) is 0 Å². The molecule has 2 N–H and O–H groups in total. The van der Waals surface area contributed by atoms with Crippen LogP contribution in [0.4, 0.5) is 5.69 Å². The fourth-order valence-corrected chi connectivity index (χ4v) is 6.05. The molecule has 9 heteroatoms. The van der Waals surface area contributed by atoms with E-state index < -0.39 is 0 Å². The summed E-state index contributed by atoms with van der Waals surface area (Å²) in [5.74, 6) is 0.548. The first-order chi connectivity index (χ1) is 16.3. The number of thioether (sulfide) groups is 1. The van der Waals surface area contributed by atoms with Crippen LogP contribution in [0.25, 0.3) is 6.08 Å². The van der Waals surface area contributed by atoms with Gasteiger partial charge in [0.2, 0.25) is 0 Å². The molecule has 0 aromatic heterocycles. The van der Waals surface area contributed by atoms with Crippen molar-refractivity contribution in [2.24, 2.45) is 0 Å². The number of carbonyl (C=O) groups is 1. The van der Waals surface area contributed by atoms with Gasteiger partial charge in [0.15, 0.2) is 5.50 Å². The van der Waals surface area contributed by atoms with E-state index in [9.17, 15) is 4.79 Å². The topological polar surface area (TPSA) is 50.4 Å². The van der Waals surface area contributed by atoms with Crippen molar-refractivity contribution >= 4 is 84.5 Å². The number of benzene rings is 3. The second kappa shape index (κ2) is 11.4. The number of anilines is 1. The number of halogens is 4. The molecular weight excluding hydrogens is 623 g/mol. The molecule has 3 aromatic carbocycles. The Morgan fingerprint density at radius 1 is 1.03 bits per heavy atom. The summed E-state index contributed by atoms with van der Waals surface area (Å²) in [6.07, 6.45) is 2.85. The highest BCUT2D eigenvalue weighted by Gasteiger charge is 2.27. The predicted octanol–water partition coefficient (Wildman–Crippen LogP) is 8.26. The molecule has 3 aromatic rings. The Hall–Kier alpha value is -1.64. The molecule has 34 heavy (non-hydrogen) atoms. The van der Waals surface area contributed by atoms with Crippen molar-refractivity contribution in [3.8, 4) is 5.75 Å². The first-order valence-corrected chi connectivity index (χ1v) is 13.6. The maximum Gasteiger partial charge on any atom is 0.260 e. The Kier molecular flexibility index (Phi) is 8.53. The number of amides is 1. The highest BCUT2D eigenvalue weighted by molar-refractivity contribution is 9.11. The van der Waals surface area contributed by atoms with E-state index in [4.69, 9.17) is 27.9 Å². The van der Waals surface area contributed by atoms with Crippen molar-refractivity contribution < 1.29 is 9.53 Å². The number of rotatable bonds is 7. The van der Waals surface area contributed by atoms with Gasteiger partial charge in [-0.3, -0.25) is 4.79 Å². The van der Waals surface area contributed by atoms with Gasteiger partial charge in [-0.2, -0.15) is 0 Å². The SMILES string of the molecule is CCc1ccc(N[C@@H]2NC(=O)/C(=C/c3cc(Br)c(OCc4ccc(Cl)c(Cl)c4)c(Br)c3)S2)cc1. The molecule has 1 amide bonds. The molecule has 0 radical (unpaired) electrons. The third kappa shape index (κ3) is 6.32. The van der Waals surface area contributed by atoms with Gasteiger partial charge < -0.3 is 15.4 Å². The van der Waals surface area contributed by atoms with E-state index in [1.807, 2.05) is 36.4 Å². The summed E-state index contributed by atoms with van der Waals surface area (Å²) in [4.78, 5) is 13.1. The molecule has 0 unspecified atom stereocenters. The maximum absolute atomic E-state index is 12.5. The fourth-order valence-electron chi connectivity index (χ4n) is 3.29. The van der Waals surface area contributed by atoms with Crippen molar-refractivity contribution in [3.05, 3.63) is 95.2 Å². The minimum atomic E-state index is -0.230. The summed E-state index contributed by atoms with van der Waals surface area (Å²) in [6, 6.07) is 17.4. The lowest BCUT2D eigenvalue weighted by atomic mass is 10.1. The second-order valence-corrected chi connectivity index (χ2v) is 11.2. The van der Waals surface area contributed by atoms with Gasteiger partial charge in [0.25, 0.3) is 5.91 Å². The summed E-state index contributed by atoms with van der Waals surface area (Å²) in [5.41, 5.74) is 3.78. The second-order valence-electron chi connectivity index (χ2n) is 7.53. The molecule has 0 spiro atoms. The number of aryl methyl sites for hydroxylation is 1. The molecule has 1 aliphatic rings. The van der Waals surface area contributed by atoms with E-state index in [-0.39, 0.29) is 11.4 Å². The van der Waals surface area contributed by atoms with E-state index in [1.54, 1.807) is 12.1 Å². The van der Waals surface area contributed by atoms with Gasteiger partial charge in [-0.1, -0.05) is 60.1 Å². The number of nitrogens with one attached hydrogen (secondary N) is 2. The van der Waals surface area contributed by atoms with E-state index >= 15 is 0 Å². The van der Waals surface area contributed by atoms with Gasteiger partial charge in [-0.05, 0) is 97.4 Å². The molecule has 1 atom stereocenters. The lowest BCUT2D eigenvalue weighted by Gasteiger charge is -2.13. The molecule has 4 nitrogen and oxygen atoms in total. The van der Waals surface area contributed by atoms with Crippen molar-refractivity contribution in [1.82, 2.24) is 5.32 Å². The van der Waals surface area contributed by atoms with Gasteiger partial charge in [-0.25, -0.2) is 0 Å². The van der Waals surface area contributed by atoms with Crippen LogP contribution in [0.3, 0.4) is 0 Å². The molecule has 176 valence electrons. The first kappa shape index (κ1) is 25.5. The van der Waals surface area contributed by atoms with E-state index in [0.717, 1.165) is 32.2 Å². The lowest BCUT2D eigenvalue weighted by molar-refractivity contribution is -0.116. The van der Waals surface area contributed by atoms with Crippen molar-refractivity contribution in [1.29, 1.82) is 0 Å². The average Bonchev–Trinajstić information content (AvgIpc) is 3.14. The van der Waals surface area contributed by atoms with Crippen molar-refractivity contribution in [3.63, 3.8) is 0 Å². The van der Waals surface area contributed by atoms with Crippen LogP contribution in [0.1, 0.15) is 23.6 Å². The highest BCUT2D eigenvalue weighted by Crippen LogP contribution is 2.38. The van der Waals surface area contributed by atoms with Crippen LogP contribution >= 0.6 is 66.8 Å². The Labute approximate surface area is 229 Å². The third-order valence-corrected chi connectivity index (χ3v) is 8.02. The summed E-state index contributed by atoms with van der Waals surface area (Å²) in [6.45, 7) is 2.46. The van der Waals surface area contributed by atoms with Gasteiger partial charge in [0, 0.05) is 5.69 Å². The lowest BCUT2D eigenvalue weighted by Crippen LogP contribution is -2.30. The minimum Gasteiger partial charge on any atom is -0.487 e. The summed E-state index contributed by atoms with van der Waals surface area (Å²) >= 11 is 20.7. The zero-order valence-electron chi connectivity index (χ0n) is 18.0. The molecule has 1 saturated heterocycles. The van der Waals surface area contributed by atoms with Crippen LogP contribution < -0.4 is 15.4 Å². The Bertz CT molecular complexity index is 1230. The molecule has 0 bridgehead atoms. The number of carbonyl (C=O) groups excluding carboxylic acids is 1. The largest absolute Gasteiger partial charge is 0.487 e. The van der Waals surface area contributed by atoms with Crippen molar-refractivity contribution in [2.45, 2.75) is 25.4 Å². The van der Waals surface area contributed by atoms with Crippen LogP contribution in [0.5, 0.6) is 5.75 Å². The van der Waals surface area contributed by atoms with Crippen LogP contribution in [0.2, 0.25) is 10.0 Å². The minimum absolute atomic E-state index is 0.111. The monoisotopic (exact) mass is 640 g/mol. The zero-order chi connectivity index (χ0) is 24.2. The summed E-state index contributed by atoms with van der Waals surface area (Å²) in [7, 11) is 0. The van der Waals surface area contributed by atoms with E-state index in [1.165, 1.54) is 17.3 Å². The van der Waals surface area contributed by atoms with Gasteiger partial charge in [-0.15, -0.1) is 0 Å². The molecule has 0 aliphatic carbocycles. The van der Waals surface area contributed by atoms with Gasteiger partial charge in [0.05, 0.1) is 23.9 Å². The molecular formula is C25H20Br2Cl2N2O2S. The Balaban J connectivity index is 1.43. The van der Waals surface area contributed by atoms with Gasteiger partial charge in [0.1, 0.15) is 12.4 Å². The molecule has 1 aliphatic heterocycles. The first-order valence-electron chi connectivity index (χ1n) is 10.4. The predicted molar refractivity (Wildman–Crippen MR) is 150 cm³/mol. The molecule has 0 saturated carbocycles. The van der Waals surface area contributed by atoms with Crippen LogP contribution in [-0.4, -0.2) is 11.4 Å². The zero-order valence-corrected chi connectivity index (χ0v) is 23.5. The molecule has 1 heterocycles. The summed E-state index contributed by atoms with van der Waals surface area (Å²) < 4.78 is 7.52. The number of hydrogen-bond donors (Lipinski definition) is 2. The van der Waals surface area contributed by atoms with Crippen molar-refractivity contribution in [2.75, 3.05) is 5.32 Å². The number of ether oxygens (including phenoxy) is 1. The quantitative estimate of drug-likeness (QED) is 0.255. The van der Waals surface area contributed by atoms with Crippen LogP contribution in [-0.2, 0) is 17.8 Å². The Morgan fingerprint density at radius 2 is 1.71 bits per heavy atom. The normalized spacial score (nSPS) is 16.6. The average molecular weight is 643 g/mol. The molecule has 4 rings (SSSR count). The van der Waals surface area contributed by atoms with Crippen LogP contribution in [0.15, 0.2) is 68.4 Å². The van der Waals surface area contributed by atoms with E-state index in [2.05, 4.69) is 61.5 Å². The number of hydrogen-bond acceptors (Lipinski definition) is 4. The Morgan fingerprint density at radius 3 is 2.35 bits per heavy atom. The molecule has 1 fully saturated rings. The fraction of sp³-hybridized carbons (Fsp3) is 0.160. The smallest absolute Gasteiger partial charge is 0.260 e. The summed E-state index contributed by atoms with van der Waals surface area (Å²) in [5, 5.41) is 7.30. The van der Waals surface area contributed by atoms with Gasteiger partial charge >= 0.3 is 0 Å². The third-order valence-electron chi connectivity index (χ3n) is 5.08. The highest BCUT2D eigenvalue weighted by atomic mass is 79.9. The maximum atomic E-state index is 12.5. The van der Waals surface area contributed by atoms with E-state index in [0.29, 0.717) is 27.3 Å².